The van der Waals surface area contributed by atoms with Gasteiger partial charge < -0.3 is 5.11 Å². The Kier molecular flexibility index (Phi) is 4.60. The average molecular weight is 297 g/mol. The van der Waals surface area contributed by atoms with E-state index < -0.39 is 5.97 Å². The number of carboxylic acid groups (broad SMARTS) is 1. The minimum Gasteiger partial charge on any atom is -0.481 e. The molecule has 0 bridgehead atoms. The number of aromatic nitrogens is 3. The van der Waals surface area contributed by atoms with Crippen molar-refractivity contribution in [3.8, 4) is 0 Å². The third-order valence-corrected chi connectivity index (χ3v) is 4.99. The maximum absolute atomic E-state index is 10.7. The summed E-state index contributed by atoms with van der Waals surface area (Å²) in [5, 5.41) is 12.9. The second kappa shape index (κ2) is 6.21. The summed E-state index contributed by atoms with van der Waals surface area (Å²) < 4.78 is 2.81. The van der Waals surface area contributed by atoms with Crippen molar-refractivity contribution in [1.82, 2.24) is 14.8 Å². The van der Waals surface area contributed by atoms with E-state index in [0.29, 0.717) is 0 Å². The number of thiazole rings is 1. The fourth-order valence-corrected chi connectivity index (χ4v) is 3.91. The molecule has 19 heavy (non-hydrogen) atoms. The number of aryl methyl sites for hydroxylation is 3. The van der Waals surface area contributed by atoms with Crippen LogP contribution in [0.4, 0.5) is 0 Å². The van der Waals surface area contributed by atoms with Crippen LogP contribution in [-0.2, 0) is 24.7 Å². The van der Waals surface area contributed by atoms with Gasteiger partial charge in [-0.2, -0.15) is 5.10 Å². The van der Waals surface area contributed by atoms with Crippen molar-refractivity contribution in [2.75, 3.05) is 5.75 Å². The van der Waals surface area contributed by atoms with Crippen molar-refractivity contribution in [2.45, 2.75) is 24.1 Å². The van der Waals surface area contributed by atoms with Crippen molar-refractivity contribution in [3.63, 3.8) is 0 Å². The molecule has 0 unspecified atom stereocenters. The molecule has 0 amide bonds. The molecule has 0 saturated carbocycles. The first-order chi connectivity index (χ1) is 9.06. The van der Waals surface area contributed by atoms with Crippen LogP contribution >= 0.6 is 23.1 Å². The second-order valence-electron chi connectivity index (χ2n) is 4.10. The van der Waals surface area contributed by atoms with Gasteiger partial charge >= 0.3 is 5.97 Å². The molecule has 0 aliphatic rings. The number of rotatable bonds is 6. The molecule has 102 valence electrons. The number of thioether (sulfide) groups is 1. The summed E-state index contributed by atoms with van der Waals surface area (Å²) in [7, 11) is 1.93. The Labute approximate surface area is 119 Å². The Morgan fingerprint density at radius 2 is 2.37 bits per heavy atom. The Balaban J connectivity index is 1.89. The van der Waals surface area contributed by atoms with Crippen molar-refractivity contribution < 1.29 is 9.90 Å². The maximum atomic E-state index is 10.7. The van der Waals surface area contributed by atoms with Crippen LogP contribution < -0.4 is 0 Å². The van der Waals surface area contributed by atoms with Crippen LogP contribution in [0.2, 0.25) is 0 Å². The van der Waals surface area contributed by atoms with Crippen LogP contribution in [0.15, 0.2) is 16.6 Å². The van der Waals surface area contributed by atoms with Crippen LogP contribution in [0.25, 0.3) is 0 Å². The highest BCUT2D eigenvalue weighted by atomic mass is 32.2. The van der Waals surface area contributed by atoms with E-state index in [1.807, 2.05) is 24.7 Å². The molecule has 2 heterocycles. The number of aliphatic carboxylic acids is 1. The Hall–Kier alpha value is -1.34. The van der Waals surface area contributed by atoms with Gasteiger partial charge in [0.2, 0.25) is 0 Å². The lowest BCUT2D eigenvalue weighted by molar-refractivity contribution is -0.136. The first-order valence-electron chi connectivity index (χ1n) is 5.84. The average Bonchev–Trinajstić information content (AvgIpc) is 2.87. The number of hydrogen-bond donors (Lipinski definition) is 1. The summed E-state index contributed by atoms with van der Waals surface area (Å²) in [4.78, 5) is 15.9. The molecule has 2 aromatic rings. The molecule has 7 heteroatoms. The highest BCUT2D eigenvalue weighted by Crippen LogP contribution is 2.28. The number of hydrogen-bond acceptors (Lipinski definition) is 5. The fourth-order valence-electron chi connectivity index (χ4n) is 1.65. The molecule has 0 aromatic carbocycles. The van der Waals surface area contributed by atoms with E-state index in [1.165, 1.54) is 17.0 Å². The van der Waals surface area contributed by atoms with E-state index in [4.69, 9.17) is 5.11 Å². The van der Waals surface area contributed by atoms with E-state index in [1.54, 1.807) is 18.0 Å². The molecule has 5 nitrogen and oxygen atoms in total. The van der Waals surface area contributed by atoms with Gasteiger partial charge in [0.25, 0.3) is 0 Å². The predicted molar refractivity (Wildman–Crippen MR) is 75.8 cm³/mol. The summed E-state index contributed by atoms with van der Waals surface area (Å²) in [5.74, 6) is 0.108. The molecule has 2 rings (SSSR count). The summed E-state index contributed by atoms with van der Waals surface area (Å²) in [6.45, 7) is 1.86. The van der Waals surface area contributed by atoms with Crippen LogP contribution in [0.3, 0.4) is 0 Å². The van der Waals surface area contributed by atoms with Gasteiger partial charge in [-0.05, 0) is 19.4 Å². The highest BCUT2D eigenvalue weighted by molar-refractivity contribution is 8.01. The Morgan fingerprint density at radius 3 is 3.00 bits per heavy atom. The smallest absolute Gasteiger partial charge is 0.308 e. The molecular formula is C12H15N3O2S2. The summed E-state index contributed by atoms with van der Waals surface area (Å²) in [6, 6.07) is 2.00. The predicted octanol–water partition coefficient (Wildman–Crippen LogP) is 2.15. The molecule has 0 aliphatic carbocycles. The first-order valence-corrected chi connectivity index (χ1v) is 7.64. The first kappa shape index (κ1) is 14.1. The van der Waals surface area contributed by atoms with Gasteiger partial charge in [-0.25, -0.2) is 4.98 Å². The normalized spacial score (nSPS) is 10.8. The quantitative estimate of drug-likeness (QED) is 0.827. The SMILES string of the molecule is Cc1nc(SCCc2ccnn2C)sc1CC(=O)O. The highest BCUT2D eigenvalue weighted by Gasteiger charge is 2.11. The van der Waals surface area contributed by atoms with Gasteiger partial charge in [-0.1, -0.05) is 11.8 Å². The van der Waals surface area contributed by atoms with E-state index in [9.17, 15) is 4.79 Å². The Morgan fingerprint density at radius 1 is 1.58 bits per heavy atom. The molecule has 0 radical (unpaired) electrons. The second-order valence-corrected chi connectivity index (χ2v) is 6.53. The Bertz CT molecular complexity index is 577. The molecule has 0 saturated heterocycles. The summed E-state index contributed by atoms with van der Waals surface area (Å²) in [6.07, 6.45) is 2.78. The van der Waals surface area contributed by atoms with E-state index >= 15 is 0 Å². The van der Waals surface area contributed by atoms with Crippen LogP contribution in [0, 0.1) is 6.92 Å². The minimum absolute atomic E-state index is 0.0613. The number of nitrogens with zero attached hydrogens (tertiary/aromatic N) is 3. The van der Waals surface area contributed by atoms with E-state index in [2.05, 4.69) is 10.1 Å². The fraction of sp³-hybridized carbons (Fsp3) is 0.417. The van der Waals surface area contributed by atoms with Crippen LogP contribution in [-0.4, -0.2) is 31.6 Å². The molecule has 0 atom stereocenters. The minimum atomic E-state index is -0.807. The van der Waals surface area contributed by atoms with Gasteiger partial charge in [0, 0.05) is 29.6 Å². The molecule has 0 aliphatic heterocycles. The largest absolute Gasteiger partial charge is 0.481 e. The van der Waals surface area contributed by atoms with Gasteiger partial charge in [-0.3, -0.25) is 9.48 Å². The topological polar surface area (TPSA) is 68.0 Å². The van der Waals surface area contributed by atoms with Gasteiger partial charge in [0.1, 0.15) is 4.34 Å². The number of carbonyl (C=O) groups is 1. The van der Waals surface area contributed by atoms with E-state index in [-0.39, 0.29) is 6.42 Å². The third kappa shape index (κ3) is 3.81. The summed E-state index contributed by atoms with van der Waals surface area (Å²) in [5.41, 5.74) is 2.02. The molecule has 2 aromatic heterocycles. The zero-order chi connectivity index (χ0) is 13.8. The lowest BCUT2D eigenvalue weighted by atomic mass is 10.3. The monoisotopic (exact) mass is 297 g/mol. The zero-order valence-corrected chi connectivity index (χ0v) is 12.4. The lowest BCUT2D eigenvalue weighted by Crippen LogP contribution is -1.99. The van der Waals surface area contributed by atoms with Crippen molar-refractivity contribution in [3.05, 3.63) is 28.5 Å². The van der Waals surface area contributed by atoms with Crippen molar-refractivity contribution >= 4 is 29.1 Å². The van der Waals surface area contributed by atoms with Gasteiger partial charge in [0.05, 0.1) is 12.1 Å². The van der Waals surface area contributed by atoms with E-state index in [0.717, 1.165) is 27.1 Å². The van der Waals surface area contributed by atoms with Crippen molar-refractivity contribution in [2.24, 2.45) is 7.05 Å². The molecule has 1 N–H and O–H groups in total. The van der Waals surface area contributed by atoms with Crippen LogP contribution in [0.1, 0.15) is 16.3 Å². The molecule has 0 spiro atoms. The molecule has 0 fully saturated rings. The summed E-state index contributed by atoms with van der Waals surface area (Å²) >= 11 is 3.14. The van der Waals surface area contributed by atoms with Gasteiger partial charge in [0.15, 0.2) is 0 Å². The van der Waals surface area contributed by atoms with Crippen LogP contribution in [0.5, 0.6) is 0 Å². The maximum Gasteiger partial charge on any atom is 0.308 e. The third-order valence-electron chi connectivity index (χ3n) is 2.69. The van der Waals surface area contributed by atoms with Crippen molar-refractivity contribution in [1.29, 1.82) is 0 Å². The van der Waals surface area contributed by atoms with Gasteiger partial charge in [-0.15, -0.1) is 11.3 Å². The zero-order valence-electron chi connectivity index (χ0n) is 10.8. The lowest BCUT2D eigenvalue weighted by Gasteiger charge is -1.99. The molecular weight excluding hydrogens is 282 g/mol. The standard InChI is InChI=1S/C12H15N3O2S2/c1-8-10(7-11(16)17)19-12(14-8)18-6-4-9-3-5-13-15(9)2/h3,5H,4,6-7H2,1-2H3,(H,16,17). The number of carboxylic acids is 1.